The fourth-order valence-corrected chi connectivity index (χ4v) is 0.596. The molecule has 1 amide bonds. The molecule has 0 saturated carbocycles. The van der Waals surface area contributed by atoms with E-state index in [0.717, 1.165) is 0 Å². The number of halogens is 2. The molecular weight excluding hydrogens is 250 g/mol. The van der Waals surface area contributed by atoms with Crippen LogP contribution in [0.3, 0.4) is 0 Å². The minimum absolute atomic E-state index is 0.0509. The number of rotatable bonds is 2. The number of alkyl halides is 2. The molecule has 0 aliphatic carbocycles. The molecule has 0 aliphatic rings. The van der Waals surface area contributed by atoms with E-state index in [2.05, 4.69) is 37.2 Å². The summed E-state index contributed by atoms with van der Waals surface area (Å²) < 4.78 is -0.615. The third-order valence-corrected chi connectivity index (χ3v) is 1.46. The Morgan fingerprint density at radius 1 is 1.67 bits per heavy atom. The number of hydrogen-bond acceptors (Lipinski definition) is 1. The van der Waals surface area contributed by atoms with E-state index in [1.54, 1.807) is 6.92 Å². The number of carbonyl (C=O) groups excluding carboxylic acids is 1. The van der Waals surface area contributed by atoms with Gasteiger partial charge in [0.25, 0.3) is 0 Å². The van der Waals surface area contributed by atoms with Crippen LogP contribution in [0.1, 0.15) is 13.8 Å². The molecule has 0 saturated heterocycles. The highest BCUT2D eigenvalue weighted by atomic mass is 79.9. The highest BCUT2D eigenvalue weighted by molar-refractivity contribution is 9.25. The Morgan fingerprint density at radius 3 is 2.22 bits per heavy atom. The summed E-state index contributed by atoms with van der Waals surface area (Å²) in [5.74, 6) is -0.0509. The van der Waals surface area contributed by atoms with E-state index in [1.165, 1.54) is 0 Å². The van der Waals surface area contributed by atoms with Crippen LogP contribution in [0.4, 0.5) is 0 Å². The Morgan fingerprint density at radius 2 is 2.11 bits per heavy atom. The Kier molecular flexibility index (Phi) is 3.73. The van der Waals surface area contributed by atoms with Crippen LogP contribution in [0.2, 0.25) is 0 Å². The fraction of sp³-hybridized carbons (Fsp3) is 0.800. The van der Waals surface area contributed by atoms with E-state index in [0.29, 0.717) is 6.54 Å². The van der Waals surface area contributed by atoms with E-state index in [4.69, 9.17) is 0 Å². The molecule has 54 valence electrons. The lowest BCUT2D eigenvalue weighted by Gasteiger charge is -2.11. The molecule has 2 nitrogen and oxygen atoms in total. The van der Waals surface area contributed by atoms with E-state index in [9.17, 15) is 4.79 Å². The monoisotopic (exact) mass is 257 g/mol. The van der Waals surface area contributed by atoms with Crippen molar-refractivity contribution in [2.24, 2.45) is 0 Å². The maximum Gasteiger partial charge on any atom is 0.247 e. The van der Waals surface area contributed by atoms with Crippen molar-refractivity contribution in [2.45, 2.75) is 17.1 Å². The molecule has 9 heavy (non-hydrogen) atoms. The van der Waals surface area contributed by atoms with E-state index < -0.39 is 3.23 Å². The summed E-state index contributed by atoms with van der Waals surface area (Å²) in [6.45, 7) is 4.27. The van der Waals surface area contributed by atoms with Crippen molar-refractivity contribution >= 4 is 37.8 Å². The summed E-state index contributed by atoms with van der Waals surface area (Å²) in [7, 11) is 0. The van der Waals surface area contributed by atoms with Crippen molar-refractivity contribution in [3.63, 3.8) is 0 Å². The Labute approximate surface area is 71.6 Å². The molecule has 0 aromatic carbocycles. The van der Waals surface area contributed by atoms with Crippen LogP contribution in [0.15, 0.2) is 0 Å². The van der Waals surface area contributed by atoms with Crippen LogP contribution < -0.4 is 5.32 Å². The molecule has 0 rings (SSSR count). The van der Waals surface area contributed by atoms with Gasteiger partial charge in [-0.3, -0.25) is 4.79 Å². The summed E-state index contributed by atoms with van der Waals surface area (Å²) in [4.78, 5) is 10.9. The second-order valence-corrected chi connectivity index (χ2v) is 5.98. The van der Waals surface area contributed by atoms with Gasteiger partial charge in [-0.25, -0.2) is 0 Å². The van der Waals surface area contributed by atoms with Gasteiger partial charge in [-0.05, 0) is 13.8 Å². The number of carbonyl (C=O) groups is 1. The lowest BCUT2D eigenvalue weighted by Crippen LogP contribution is -2.35. The first kappa shape index (κ1) is 9.43. The fourth-order valence-electron chi connectivity index (χ4n) is 0.316. The molecule has 0 aromatic rings. The first-order chi connectivity index (χ1) is 3.98. The molecule has 0 heterocycles. The molecular formula is C5H9Br2NO. The average Bonchev–Trinajstić information content (AvgIpc) is 1.64. The van der Waals surface area contributed by atoms with Gasteiger partial charge < -0.3 is 5.32 Å². The maximum absolute atomic E-state index is 10.9. The van der Waals surface area contributed by atoms with Gasteiger partial charge in [-0.2, -0.15) is 0 Å². The second-order valence-electron chi connectivity index (χ2n) is 1.75. The quantitative estimate of drug-likeness (QED) is 0.750. The van der Waals surface area contributed by atoms with E-state index >= 15 is 0 Å². The SMILES string of the molecule is CCNC(=O)C(C)(Br)Br. The van der Waals surface area contributed by atoms with E-state index in [-0.39, 0.29) is 5.91 Å². The Bertz CT molecular complexity index is 108. The molecule has 0 unspecified atom stereocenters. The largest absolute Gasteiger partial charge is 0.354 e. The summed E-state index contributed by atoms with van der Waals surface area (Å²) in [6.07, 6.45) is 0. The van der Waals surface area contributed by atoms with Crippen LogP contribution in [0.25, 0.3) is 0 Å². The number of hydrogen-bond donors (Lipinski definition) is 1. The van der Waals surface area contributed by atoms with Gasteiger partial charge in [0, 0.05) is 6.54 Å². The van der Waals surface area contributed by atoms with Crippen molar-refractivity contribution in [2.75, 3.05) is 6.54 Å². The standard InChI is InChI=1S/C5H9Br2NO/c1-3-8-4(9)5(2,6)7/h3H2,1-2H3,(H,8,9). The van der Waals surface area contributed by atoms with Gasteiger partial charge in [0.15, 0.2) is 3.23 Å². The van der Waals surface area contributed by atoms with Crippen LogP contribution >= 0.6 is 31.9 Å². The highest BCUT2D eigenvalue weighted by Crippen LogP contribution is 2.24. The van der Waals surface area contributed by atoms with Crippen LogP contribution in [0, 0.1) is 0 Å². The Hall–Kier alpha value is 0.430. The van der Waals surface area contributed by atoms with Crippen molar-refractivity contribution in [1.29, 1.82) is 0 Å². The number of nitrogens with one attached hydrogen (secondary N) is 1. The molecule has 0 fully saturated rings. The zero-order valence-corrected chi connectivity index (χ0v) is 8.54. The highest BCUT2D eigenvalue weighted by Gasteiger charge is 2.24. The molecule has 4 heteroatoms. The van der Waals surface area contributed by atoms with Gasteiger partial charge >= 0.3 is 0 Å². The Balaban J connectivity index is 3.74. The van der Waals surface area contributed by atoms with E-state index in [1.807, 2.05) is 6.92 Å². The predicted molar refractivity (Wildman–Crippen MR) is 44.9 cm³/mol. The average molecular weight is 259 g/mol. The van der Waals surface area contributed by atoms with Gasteiger partial charge in [0.1, 0.15) is 0 Å². The van der Waals surface area contributed by atoms with Gasteiger partial charge in [-0.15, -0.1) is 0 Å². The topological polar surface area (TPSA) is 29.1 Å². The van der Waals surface area contributed by atoms with Gasteiger partial charge in [0.05, 0.1) is 0 Å². The summed E-state index contributed by atoms with van der Waals surface area (Å²) >= 11 is 6.30. The molecule has 0 spiro atoms. The predicted octanol–water partition coefficient (Wildman–Crippen LogP) is 1.63. The van der Waals surface area contributed by atoms with Crippen LogP contribution in [-0.4, -0.2) is 15.7 Å². The minimum Gasteiger partial charge on any atom is -0.354 e. The van der Waals surface area contributed by atoms with Gasteiger partial charge in [-0.1, -0.05) is 31.9 Å². The van der Waals surface area contributed by atoms with Crippen LogP contribution in [0.5, 0.6) is 0 Å². The first-order valence-corrected chi connectivity index (χ1v) is 4.23. The van der Waals surface area contributed by atoms with Crippen molar-refractivity contribution in [3.8, 4) is 0 Å². The summed E-state index contributed by atoms with van der Waals surface area (Å²) in [6, 6.07) is 0. The van der Waals surface area contributed by atoms with Crippen LogP contribution in [-0.2, 0) is 4.79 Å². The summed E-state index contributed by atoms with van der Waals surface area (Å²) in [5.41, 5.74) is 0. The molecule has 0 radical (unpaired) electrons. The normalized spacial score (nSPS) is 11.1. The third kappa shape index (κ3) is 3.92. The maximum atomic E-state index is 10.9. The molecule has 0 aliphatic heterocycles. The summed E-state index contributed by atoms with van der Waals surface area (Å²) in [5, 5.41) is 2.65. The number of amides is 1. The van der Waals surface area contributed by atoms with Crippen molar-refractivity contribution in [3.05, 3.63) is 0 Å². The first-order valence-electron chi connectivity index (χ1n) is 2.64. The molecule has 1 N–H and O–H groups in total. The van der Waals surface area contributed by atoms with Gasteiger partial charge in [0.2, 0.25) is 5.91 Å². The van der Waals surface area contributed by atoms with Crippen molar-refractivity contribution < 1.29 is 4.79 Å². The second kappa shape index (κ2) is 3.56. The molecule has 0 aromatic heterocycles. The lowest BCUT2D eigenvalue weighted by atomic mass is 10.4. The smallest absolute Gasteiger partial charge is 0.247 e. The minimum atomic E-state index is -0.615. The van der Waals surface area contributed by atoms with Crippen molar-refractivity contribution in [1.82, 2.24) is 5.32 Å². The zero-order valence-electron chi connectivity index (χ0n) is 5.37. The molecule has 0 bridgehead atoms. The third-order valence-electron chi connectivity index (χ3n) is 0.736. The zero-order chi connectivity index (χ0) is 7.49. The molecule has 0 atom stereocenters. The lowest BCUT2D eigenvalue weighted by molar-refractivity contribution is -0.120.